The Morgan fingerprint density at radius 1 is 1.17 bits per heavy atom. The van der Waals surface area contributed by atoms with Crippen molar-refractivity contribution in [2.24, 2.45) is 0 Å². The molecule has 1 amide bonds. The van der Waals surface area contributed by atoms with Crippen LogP contribution in [0, 0.1) is 13.8 Å². The molecular formula is C18H19NO4. The molecule has 0 unspecified atom stereocenters. The molecule has 2 aromatic carbocycles. The molecule has 0 saturated carbocycles. The number of nitrogens with one attached hydrogen (secondary N) is 1. The van der Waals surface area contributed by atoms with E-state index < -0.39 is 0 Å². The fourth-order valence-electron chi connectivity index (χ4n) is 2.33. The van der Waals surface area contributed by atoms with Gasteiger partial charge in [-0.2, -0.15) is 0 Å². The highest BCUT2D eigenvalue weighted by atomic mass is 16.7. The van der Waals surface area contributed by atoms with Gasteiger partial charge in [-0.15, -0.1) is 0 Å². The highest BCUT2D eigenvalue weighted by molar-refractivity contribution is 5.77. The number of fused-ring (bicyclic) bond motifs is 1. The summed E-state index contributed by atoms with van der Waals surface area (Å²) in [6.45, 7) is 4.66. The van der Waals surface area contributed by atoms with Crippen molar-refractivity contribution in [1.82, 2.24) is 5.32 Å². The van der Waals surface area contributed by atoms with E-state index in [0.29, 0.717) is 12.3 Å². The number of benzene rings is 2. The van der Waals surface area contributed by atoms with Crippen molar-refractivity contribution < 1.29 is 19.0 Å². The summed E-state index contributed by atoms with van der Waals surface area (Å²) in [6, 6.07) is 11.4. The zero-order chi connectivity index (χ0) is 16.2. The lowest BCUT2D eigenvalue weighted by Crippen LogP contribution is -2.28. The minimum atomic E-state index is -0.163. The fraction of sp³-hybridized carbons (Fsp3) is 0.278. The predicted octanol–water partition coefficient (Wildman–Crippen LogP) is 2.73. The summed E-state index contributed by atoms with van der Waals surface area (Å²) >= 11 is 0. The first-order chi connectivity index (χ1) is 11.1. The molecule has 1 heterocycles. The van der Waals surface area contributed by atoms with Crippen LogP contribution in [0.5, 0.6) is 17.2 Å². The number of rotatable bonds is 5. The van der Waals surface area contributed by atoms with Crippen molar-refractivity contribution in [2.75, 3.05) is 13.4 Å². The van der Waals surface area contributed by atoms with E-state index in [1.54, 1.807) is 0 Å². The SMILES string of the molecule is Cc1cccc(OCC(=O)NCc2ccc3c(c2)OCO3)c1C. The van der Waals surface area contributed by atoms with E-state index in [2.05, 4.69) is 5.32 Å². The number of aryl methyl sites for hydroxylation is 1. The summed E-state index contributed by atoms with van der Waals surface area (Å²) in [5.41, 5.74) is 3.15. The summed E-state index contributed by atoms with van der Waals surface area (Å²) < 4.78 is 16.2. The maximum atomic E-state index is 11.9. The van der Waals surface area contributed by atoms with Gasteiger partial charge in [0.2, 0.25) is 6.79 Å². The smallest absolute Gasteiger partial charge is 0.258 e. The lowest BCUT2D eigenvalue weighted by molar-refractivity contribution is -0.123. The minimum Gasteiger partial charge on any atom is -0.483 e. The van der Waals surface area contributed by atoms with Gasteiger partial charge in [0.15, 0.2) is 18.1 Å². The van der Waals surface area contributed by atoms with Crippen LogP contribution >= 0.6 is 0 Å². The van der Waals surface area contributed by atoms with Crippen LogP contribution in [0.2, 0.25) is 0 Å². The van der Waals surface area contributed by atoms with Gasteiger partial charge in [0.05, 0.1) is 0 Å². The van der Waals surface area contributed by atoms with Crippen LogP contribution in [0.25, 0.3) is 0 Å². The van der Waals surface area contributed by atoms with E-state index >= 15 is 0 Å². The Kier molecular flexibility index (Phi) is 4.37. The second-order valence-corrected chi connectivity index (χ2v) is 5.45. The molecule has 1 aliphatic heterocycles. The highest BCUT2D eigenvalue weighted by Crippen LogP contribution is 2.32. The van der Waals surface area contributed by atoms with Crippen molar-refractivity contribution >= 4 is 5.91 Å². The van der Waals surface area contributed by atoms with Gasteiger partial charge in [0, 0.05) is 6.54 Å². The first-order valence-electron chi connectivity index (χ1n) is 7.48. The molecule has 120 valence electrons. The first kappa shape index (κ1) is 15.2. The molecule has 0 bridgehead atoms. The number of carbonyl (C=O) groups excluding carboxylic acids is 1. The standard InChI is InChI=1S/C18H19NO4/c1-12-4-3-5-15(13(12)2)21-10-18(20)19-9-14-6-7-16-17(8-14)23-11-22-16/h3-8H,9-11H2,1-2H3,(H,19,20). The largest absolute Gasteiger partial charge is 0.483 e. The van der Waals surface area contributed by atoms with E-state index in [0.717, 1.165) is 28.2 Å². The number of hydrogen-bond donors (Lipinski definition) is 1. The zero-order valence-electron chi connectivity index (χ0n) is 13.2. The molecule has 1 N–H and O–H groups in total. The summed E-state index contributed by atoms with van der Waals surface area (Å²) in [7, 11) is 0. The zero-order valence-corrected chi connectivity index (χ0v) is 13.2. The van der Waals surface area contributed by atoms with Crippen LogP contribution in [0.3, 0.4) is 0 Å². The van der Waals surface area contributed by atoms with Gasteiger partial charge in [-0.25, -0.2) is 0 Å². The van der Waals surface area contributed by atoms with Gasteiger partial charge in [-0.3, -0.25) is 4.79 Å². The van der Waals surface area contributed by atoms with Gasteiger partial charge < -0.3 is 19.5 Å². The van der Waals surface area contributed by atoms with Crippen molar-refractivity contribution in [3.8, 4) is 17.2 Å². The maximum absolute atomic E-state index is 11.9. The van der Waals surface area contributed by atoms with Crippen LogP contribution in [-0.4, -0.2) is 19.3 Å². The summed E-state index contributed by atoms with van der Waals surface area (Å²) in [5.74, 6) is 2.02. The molecule has 0 fully saturated rings. The third-order valence-corrected chi connectivity index (χ3v) is 3.84. The minimum absolute atomic E-state index is 0.00511. The number of ether oxygens (including phenoxy) is 3. The normalized spacial score (nSPS) is 12.1. The molecule has 23 heavy (non-hydrogen) atoms. The molecule has 0 aromatic heterocycles. The Hall–Kier alpha value is -2.69. The number of carbonyl (C=O) groups is 1. The Morgan fingerprint density at radius 3 is 2.87 bits per heavy atom. The first-order valence-corrected chi connectivity index (χ1v) is 7.48. The molecule has 0 saturated heterocycles. The summed E-state index contributed by atoms with van der Waals surface area (Å²) in [4.78, 5) is 11.9. The monoisotopic (exact) mass is 313 g/mol. The maximum Gasteiger partial charge on any atom is 0.258 e. The Labute approximate surface area is 135 Å². The number of amides is 1. The second-order valence-electron chi connectivity index (χ2n) is 5.45. The molecule has 5 nitrogen and oxygen atoms in total. The molecule has 0 aliphatic carbocycles. The fourth-order valence-corrected chi connectivity index (χ4v) is 2.33. The molecule has 1 aliphatic rings. The molecule has 3 rings (SSSR count). The number of hydrogen-bond acceptors (Lipinski definition) is 4. The average Bonchev–Trinajstić information content (AvgIpc) is 3.02. The molecular weight excluding hydrogens is 294 g/mol. The second kappa shape index (κ2) is 6.60. The lowest BCUT2D eigenvalue weighted by atomic mass is 10.1. The molecule has 2 aromatic rings. The van der Waals surface area contributed by atoms with E-state index in [-0.39, 0.29) is 19.3 Å². The van der Waals surface area contributed by atoms with Crippen LogP contribution in [0.4, 0.5) is 0 Å². The Morgan fingerprint density at radius 2 is 2.00 bits per heavy atom. The molecule has 0 atom stereocenters. The van der Waals surface area contributed by atoms with Gasteiger partial charge in [0.25, 0.3) is 5.91 Å². The Bertz CT molecular complexity index is 727. The lowest BCUT2D eigenvalue weighted by Gasteiger charge is -2.11. The third kappa shape index (κ3) is 3.56. The van der Waals surface area contributed by atoms with Gasteiger partial charge in [-0.1, -0.05) is 18.2 Å². The summed E-state index contributed by atoms with van der Waals surface area (Å²) in [5, 5.41) is 2.83. The van der Waals surface area contributed by atoms with E-state index in [1.165, 1.54) is 0 Å². The van der Waals surface area contributed by atoms with E-state index in [9.17, 15) is 4.79 Å². The molecule has 0 radical (unpaired) electrons. The third-order valence-electron chi connectivity index (χ3n) is 3.84. The van der Waals surface area contributed by atoms with Crippen LogP contribution in [0.15, 0.2) is 36.4 Å². The average molecular weight is 313 g/mol. The van der Waals surface area contributed by atoms with Crippen LogP contribution in [-0.2, 0) is 11.3 Å². The Balaban J connectivity index is 1.51. The van der Waals surface area contributed by atoms with E-state index in [4.69, 9.17) is 14.2 Å². The van der Waals surface area contributed by atoms with Crippen LogP contribution in [0.1, 0.15) is 16.7 Å². The van der Waals surface area contributed by atoms with Gasteiger partial charge >= 0.3 is 0 Å². The topological polar surface area (TPSA) is 56.8 Å². The van der Waals surface area contributed by atoms with E-state index in [1.807, 2.05) is 50.2 Å². The quantitative estimate of drug-likeness (QED) is 0.922. The molecule has 0 spiro atoms. The van der Waals surface area contributed by atoms with Crippen LogP contribution < -0.4 is 19.5 Å². The van der Waals surface area contributed by atoms with Crippen molar-refractivity contribution in [3.05, 3.63) is 53.1 Å². The van der Waals surface area contributed by atoms with Gasteiger partial charge in [0.1, 0.15) is 5.75 Å². The highest BCUT2D eigenvalue weighted by Gasteiger charge is 2.13. The molecule has 5 heteroatoms. The van der Waals surface area contributed by atoms with Crippen molar-refractivity contribution in [1.29, 1.82) is 0 Å². The van der Waals surface area contributed by atoms with Gasteiger partial charge in [-0.05, 0) is 48.7 Å². The van der Waals surface area contributed by atoms with Crippen molar-refractivity contribution in [3.63, 3.8) is 0 Å². The summed E-state index contributed by atoms with van der Waals surface area (Å²) in [6.07, 6.45) is 0. The van der Waals surface area contributed by atoms with Crippen molar-refractivity contribution in [2.45, 2.75) is 20.4 Å². The predicted molar refractivity (Wildman–Crippen MR) is 85.8 cm³/mol.